The van der Waals surface area contributed by atoms with Gasteiger partial charge in [0.2, 0.25) is 0 Å². The molecule has 0 atom stereocenters. The topological polar surface area (TPSA) is 119 Å². The fourth-order valence-corrected chi connectivity index (χ4v) is 4.10. The van der Waals surface area contributed by atoms with Gasteiger partial charge in [0.1, 0.15) is 5.02 Å². The second-order valence-electron chi connectivity index (χ2n) is 6.48. The number of rotatable bonds is 4. The number of thiophene rings is 1. The van der Waals surface area contributed by atoms with E-state index in [9.17, 15) is 19.7 Å². The molecule has 0 saturated carbocycles. The number of fused-ring (bicyclic) bond motifs is 1. The van der Waals surface area contributed by atoms with Crippen molar-refractivity contribution in [2.75, 3.05) is 0 Å². The van der Waals surface area contributed by atoms with Gasteiger partial charge in [0.15, 0.2) is 5.82 Å². The molecule has 0 radical (unpaired) electrons. The number of aryl methyl sites for hydroxylation is 1. The molecule has 2 heterocycles. The SMILES string of the molecule is Cn1c(-c2ccc(C(=O)NNC(=O)c3ccc(Cl)c([N+](=O)[O-])c3)s2)nc2ccccc21. The van der Waals surface area contributed by atoms with Gasteiger partial charge in [0.25, 0.3) is 17.5 Å². The second-order valence-corrected chi connectivity index (χ2v) is 7.97. The molecule has 0 bridgehead atoms. The van der Waals surface area contributed by atoms with E-state index in [1.54, 1.807) is 12.1 Å². The van der Waals surface area contributed by atoms with Crippen LogP contribution in [0.4, 0.5) is 5.69 Å². The van der Waals surface area contributed by atoms with Gasteiger partial charge in [-0.25, -0.2) is 4.98 Å². The Hall–Kier alpha value is -3.76. The number of hydrogen-bond acceptors (Lipinski definition) is 6. The molecule has 2 N–H and O–H groups in total. The summed E-state index contributed by atoms with van der Waals surface area (Å²) >= 11 is 6.97. The molecule has 11 heteroatoms. The van der Waals surface area contributed by atoms with Crippen molar-refractivity contribution in [3.8, 4) is 10.7 Å². The first-order valence-electron chi connectivity index (χ1n) is 8.91. The maximum absolute atomic E-state index is 12.4. The van der Waals surface area contributed by atoms with Gasteiger partial charge in [-0.3, -0.25) is 30.6 Å². The molecule has 0 fully saturated rings. The van der Waals surface area contributed by atoms with Crippen LogP contribution in [0, 0.1) is 10.1 Å². The van der Waals surface area contributed by atoms with Crippen molar-refractivity contribution in [3.63, 3.8) is 0 Å². The zero-order chi connectivity index (χ0) is 22.1. The predicted octanol–water partition coefficient (Wildman–Crippen LogP) is 3.94. The van der Waals surface area contributed by atoms with Crippen LogP contribution >= 0.6 is 22.9 Å². The molecular formula is C20H14ClN5O4S. The van der Waals surface area contributed by atoms with Crippen LogP contribution in [0.1, 0.15) is 20.0 Å². The second kappa shape index (κ2) is 8.17. The van der Waals surface area contributed by atoms with Gasteiger partial charge in [0.05, 0.1) is 25.7 Å². The summed E-state index contributed by atoms with van der Waals surface area (Å²) in [6.45, 7) is 0. The quantitative estimate of drug-likeness (QED) is 0.357. The van der Waals surface area contributed by atoms with Crippen molar-refractivity contribution in [3.05, 3.63) is 80.2 Å². The van der Waals surface area contributed by atoms with E-state index < -0.39 is 22.4 Å². The Bertz CT molecular complexity index is 1350. The molecule has 0 aliphatic heterocycles. The third-order valence-corrected chi connectivity index (χ3v) is 5.93. The standard InChI is InChI=1S/C20H14ClN5O4S/c1-25-14-5-3-2-4-13(14)22-18(25)16-8-9-17(31-16)20(28)24-23-19(27)11-6-7-12(21)15(10-11)26(29)30/h2-10H,1H3,(H,23,27)(H,24,28). The number of imidazole rings is 1. The molecule has 31 heavy (non-hydrogen) atoms. The molecule has 0 saturated heterocycles. The number of para-hydroxylation sites is 2. The average Bonchev–Trinajstić information content (AvgIpc) is 3.37. The maximum atomic E-state index is 12.4. The minimum absolute atomic E-state index is 0.0111. The number of hydrazine groups is 1. The minimum atomic E-state index is -0.708. The molecule has 0 spiro atoms. The zero-order valence-electron chi connectivity index (χ0n) is 16.0. The summed E-state index contributed by atoms with van der Waals surface area (Å²) < 4.78 is 1.94. The number of nitrogens with zero attached hydrogens (tertiary/aromatic N) is 3. The van der Waals surface area contributed by atoms with E-state index in [0.717, 1.165) is 27.8 Å². The Morgan fingerprint density at radius 2 is 1.84 bits per heavy atom. The van der Waals surface area contributed by atoms with E-state index in [4.69, 9.17) is 11.6 Å². The number of carbonyl (C=O) groups is 2. The molecule has 2 amide bonds. The average molecular weight is 456 g/mol. The highest BCUT2D eigenvalue weighted by Crippen LogP contribution is 2.30. The molecular weight excluding hydrogens is 442 g/mol. The van der Waals surface area contributed by atoms with E-state index >= 15 is 0 Å². The molecule has 0 aliphatic rings. The monoisotopic (exact) mass is 455 g/mol. The molecule has 4 aromatic rings. The lowest BCUT2D eigenvalue weighted by molar-refractivity contribution is -0.384. The number of amides is 2. The fourth-order valence-electron chi connectivity index (χ4n) is 2.99. The Morgan fingerprint density at radius 1 is 1.10 bits per heavy atom. The third kappa shape index (κ3) is 3.98. The number of carbonyl (C=O) groups excluding carboxylic acids is 2. The summed E-state index contributed by atoms with van der Waals surface area (Å²) in [5, 5.41) is 10.9. The molecule has 4 rings (SSSR count). The Kier molecular flexibility index (Phi) is 5.40. The van der Waals surface area contributed by atoms with E-state index in [1.165, 1.54) is 23.5 Å². The van der Waals surface area contributed by atoms with Crippen molar-refractivity contribution in [2.45, 2.75) is 0 Å². The number of aromatic nitrogens is 2. The first-order chi connectivity index (χ1) is 14.8. The van der Waals surface area contributed by atoms with E-state index in [0.29, 0.717) is 4.88 Å². The van der Waals surface area contributed by atoms with Crippen LogP contribution in [-0.2, 0) is 7.05 Å². The van der Waals surface area contributed by atoms with Gasteiger partial charge in [-0.05, 0) is 36.4 Å². The lowest BCUT2D eigenvalue weighted by Crippen LogP contribution is -2.41. The fraction of sp³-hybridized carbons (Fsp3) is 0.0500. The Morgan fingerprint density at radius 3 is 2.58 bits per heavy atom. The molecule has 9 nitrogen and oxygen atoms in total. The third-order valence-electron chi connectivity index (χ3n) is 4.53. The summed E-state index contributed by atoms with van der Waals surface area (Å²) in [6.07, 6.45) is 0. The van der Waals surface area contributed by atoms with Crippen molar-refractivity contribution in [2.24, 2.45) is 7.05 Å². The molecule has 2 aromatic heterocycles. The largest absolute Gasteiger partial charge is 0.326 e. The first kappa shape index (κ1) is 20.5. The van der Waals surface area contributed by atoms with Gasteiger partial charge < -0.3 is 4.57 Å². The van der Waals surface area contributed by atoms with Crippen molar-refractivity contribution < 1.29 is 14.5 Å². The smallest absolute Gasteiger partial charge is 0.288 e. The van der Waals surface area contributed by atoms with Crippen LogP contribution in [-0.4, -0.2) is 26.3 Å². The lowest BCUT2D eigenvalue weighted by atomic mass is 10.2. The Labute approximate surface area is 184 Å². The number of hydrogen-bond donors (Lipinski definition) is 2. The minimum Gasteiger partial charge on any atom is -0.326 e. The summed E-state index contributed by atoms with van der Waals surface area (Å²) in [7, 11) is 1.90. The van der Waals surface area contributed by atoms with Gasteiger partial charge in [-0.15, -0.1) is 11.3 Å². The predicted molar refractivity (Wildman–Crippen MR) is 117 cm³/mol. The van der Waals surface area contributed by atoms with Gasteiger partial charge in [-0.1, -0.05) is 23.7 Å². The highest BCUT2D eigenvalue weighted by molar-refractivity contribution is 7.17. The highest BCUT2D eigenvalue weighted by Gasteiger charge is 2.18. The number of benzene rings is 2. The summed E-state index contributed by atoms with van der Waals surface area (Å²) in [6, 6.07) is 14.7. The summed E-state index contributed by atoms with van der Waals surface area (Å²) in [5.41, 5.74) is 5.97. The van der Waals surface area contributed by atoms with Crippen LogP contribution in [0.25, 0.3) is 21.7 Å². The van der Waals surface area contributed by atoms with Crippen LogP contribution < -0.4 is 10.9 Å². The zero-order valence-corrected chi connectivity index (χ0v) is 17.5. The van der Waals surface area contributed by atoms with Crippen LogP contribution in [0.3, 0.4) is 0 Å². The number of nitro benzene ring substituents is 1. The van der Waals surface area contributed by atoms with Gasteiger partial charge in [-0.2, -0.15) is 0 Å². The maximum Gasteiger partial charge on any atom is 0.288 e. The van der Waals surface area contributed by atoms with Gasteiger partial charge in [0, 0.05) is 18.7 Å². The molecule has 2 aromatic carbocycles. The lowest BCUT2D eigenvalue weighted by Gasteiger charge is -2.06. The summed E-state index contributed by atoms with van der Waals surface area (Å²) in [4.78, 5) is 40.7. The van der Waals surface area contributed by atoms with Crippen molar-refractivity contribution >= 4 is 51.5 Å². The van der Waals surface area contributed by atoms with E-state index in [2.05, 4.69) is 15.8 Å². The van der Waals surface area contributed by atoms with Crippen LogP contribution in [0.2, 0.25) is 5.02 Å². The number of nitro groups is 1. The van der Waals surface area contributed by atoms with Gasteiger partial charge >= 0.3 is 0 Å². The van der Waals surface area contributed by atoms with Crippen LogP contribution in [0.15, 0.2) is 54.6 Å². The molecule has 0 aliphatic carbocycles. The normalized spacial score (nSPS) is 10.8. The van der Waals surface area contributed by atoms with E-state index in [1.807, 2.05) is 35.9 Å². The molecule has 0 unspecified atom stereocenters. The Balaban J connectivity index is 1.47. The van der Waals surface area contributed by atoms with Crippen molar-refractivity contribution in [1.82, 2.24) is 20.4 Å². The van der Waals surface area contributed by atoms with Crippen molar-refractivity contribution in [1.29, 1.82) is 0 Å². The number of nitrogens with one attached hydrogen (secondary N) is 2. The molecule has 156 valence electrons. The first-order valence-corrected chi connectivity index (χ1v) is 10.1. The highest BCUT2D eigenvalue weighted by atomic mass is 35.5. The summed E-state index contributed by atoms with van der Waals surface area (Å²) in [5.74, 6) is -0.505. The van der Waals surface area contributed by atoms with E-state index in [-0.39, 0.29) is 10.6 Å². The van der Waals surface area contributed by atoms with Crippen LogP contribution in [0.5, 0.6) is 0 Å². The number of halogens is 1.